The molecule has 0 saturated heterocycles. The summed E-state index contributed by atoms with van der Waals surface area (Å²) in [5.41, 5.74) is 0.504. The van der Waals surface area contributed by atoms with Crippen molar-refractivity contribution in [2.24, 2.45) is 0 Å². The number of halogens is 3. The lowest BCUT2D eigenvalue weighted by atomic mass is 10.2. The van der Waals surface area contributed by atoms with E-state index in [0.29, 0.717) is 18.7 Å². The maximum atomic E-state index is 13.5. The maximum Gasteiger partial charge on any atom is 0.152 e. The van der Waals surface area contributed by atoms with Crippen molar-refractivity contribution in [2.75, 3.05) is 11.9 Å². The highest BCUT2D eigenvalue weighted by molar-refractivity contribution is 5.47. The number of ether oxygens (including phenoxy) is 1. The van der Waals surface area contributed by atoms with Crippen LogP contribution in [0.25, 0.3) is 0 Å². The summed E-state index contributed by atoms with van der Waals surface area (Å²) in [6.45, 7) is 2.89. The molecule has 0 bridgehead atoms. The monoisotopic (exact) mass is 295 g/mol. The second-order valence-electron chi connectivity index (χ2n) is 4.59. The smallest absolute Gasteiger partial charge is 0.152 e. The van der Waals surface area contributed by atoms with Crippen LogP contribution in [0.5, 0.6) is 5.75 Å². The Morgan fingerprint density at radius 2 is 1.62 bits per heavy atom. The first-order chi connectivity index (χ1) is 10.1. The second kappa shape index (κ2) is 7.02. The molecule has 0 heterocycles. The third-order valence-corrected chi connectivity index (χ3v) is 2.87. The lowest BCUT2D eigenvalue weighted by Gasteiger charge is -2.10. The summed E-state index contributed by atoms with van der Waals surface area (Å²) in [4.78, 5) is 0. The summed E-state index contributed by atoms with van der Waals surface area (Å²) in [6, 6.07) is 8.49. The van der Waals surface area contributed by atoms with Gasteiger partial charge in [-0.15, -0.1) is 0 Å². The normalized spacial score (nSPS) is 10.5. The highest BCUT2D eigenvalue weighted by Gasteiger charge is 2.10. The summed E-state index contributed by atoms with van der Waals surface area (Å²) >= 11 is 0. The minimum absolute atomic E-state index is 0.230. The van der Waals surface area contributed by atoms with Gasteiger partial charge in [0.1, 0.15) is 17.3 Å². The Labute approximate surface area is 121 Å². The first kappa shape index (κ1) is 15.2. The molecular formula is C16H16F3NO. The van der Waals surface area contributed by atoms with E-state index in [2.05, 4.69) is 5.32 Å². The average molecular weight is 295 g/mol. The van der Waals surface area contributed by atoms with Crippen molar-refractivity contribution in [3.05, 3.63) is 59.4 Å². The Hall–Kier alpha value is -2.17. The molecule has 2 aromatic carbocycles. The van der Waals surface area contributed by atoms with E-state index >= 15 is 0 Å². The molecule has 2 nitrogen and oxygen atoms in total. The molecule has 112 valence electrons. The standard InChI is InChI=1S/C16H16F3NO/c1-2-7-21-13-5-3-11(4-6-13)10-20-16-14(18)8-12(17)9-15(16)19/h3-6,8-9,20H,2,7,10H2,1H3. The molecule has 0 fully saturated rings. The number of nitrogens with one attached hydrogen (secondary N) is 1. The number of anilines is 1. The second-order valence-corrected chi connectivity index (χ2v) is 4.59. The van der Waals surface area contributed by atoms with E-state index in [1.165, 1.54) is 0 Å². The van der Waals surface area contributed by atoms with Gasteiger partial charge in [0.2, 0.25) is 0 Å². The zero-order chi connectivity index (χ0) is 15.2. The predicted molar refractivity (Wildman–Crippen MR) is 75.9 cm³/mol. The fraction of sp³-hybridized carbons (Fsp3) is 0.250. The number of rotatable bonds is 6. The van der Waals surface area contributed by atoms with Gasteiger partial charge in [-0.05, 0) is 24.1 Å². The van der Waals surface area contributed by atoms with Crippen LogP contribution in [0.1, 0.15) is 18.9 Å². The third-order valence-electron chi connectivity index (χ3n) is 2.87. The van der Waals surface area contributed by atoms with Crippen molar-refractivity contribution in [3.63, 3.8) is 0 Å². The molecule has 0 aliphatic rings. The van der Waals surface area contributed by atoms with Crippen LogP contribution in [0.3, 0.4) is 0 Å². The molecule has 0 aromatic heterocycles. The van der Waals surface area contributed by atoms with Crippen molar-refractivity contribution in [1.82, 2.24) is 0 Å². The summed E-state index contributed by atoms with van der Waals surface area (Å²) in [6.07, 6.45) is 0.923. The van der Waals surface area contributed by atoms with Crippen LogP contribution >= 0.6 is 0 Å². The molecule has 21 heavy (non-hydrogen) atoms. The van der Waals surface area contributed by atoms with Crippen LogP contribution in [0.4, 0.5) is 18.9 Å². The van der Waals surface area contributed by atoms with Crippen LogP contribution in [0.2, 0.25) is 0 Å². The van der Waals surface area contributed by atoms with Gasteiger partial charge < -0.3 is 10.1 Å². The predicted octanol–water partition coefficient (Wildman–Crippen LogP) is 4.50. The maximum absolute atomic E-state index is 13.5. The van der Waals surface area contributed by atoms with E-state index in [1.807, 2.05) is 6.92 Å². The highest BCUT2D eigenvalue weighted by atomic mass is 19.1. The summed E-state index contributed by atoms with van der Waals surface area (Å²) in [7, 11) is 0. The first-order valence-corrected chi connectivity index (χ1v) is 6.70. The van der Waals surface area contributed by atoms with Gasteiger partial charge in [0.25, 0.3) is 0 Å². The van der Waals surface area contributed by atoms with Gasteiger partial charge in [-0.2, -0.15) is 0 Å². The van der Waals surface area contributed by atoms with Gasteiger partial charge in [0, 0.05) is 18.7 Å². The summed E-state index contributed by atoms with van der Waals surface area (Å²) in [5.74, 6) is -2.08. The van der Waals surface area contributed by atoms with Gasteiger partial charge in [0.05, 0.1) is 6.61 Å². The molecule has 2 rings (SSSR count). The molecule has 0 atom stereocenters. The lowest BCUT2D eigenvalue weighted by molar-refractivity contribution is 0.317. The van der Waals surface area contributed by atoms with E-state index in [0.717, 1.165) is 17.7 Å². The average Bonchev–Trinajstić information content (AvgIpc) is 2.45. The van der Waals surface area contributed by atoms with Gasteiger partial charge >= 0.3 is 0 Å². The quantitative estimate of drug-likeness (QED) is 0.847. The van der Waals surface area contributed by atoms with Gasteiger partial charge in [-0.3, -0.25) is 0 Å². The number of benzene rings is 2. The Balaban J connectivity index is 2.00. The first-order valence-electron chi connectivity index (χ1n) is 6.70. The molecule has 1 N–H and O–H groups in total. The number of hydrogen-bond acceptors (Lipinski definition) is 2. The van der Waals surface area contributed by atoms with Crippen LogP contribution in [-0.2, 0) is 6.54 Å². The molecule has 0 aliphatic carbocycles. The molecule has 5 heteroatoms. The van der Waals surface area contributed by atoms with Crippen LogP contribution < -0.4 is 10.1 Å². The van der Waals surface area contributed by atoms with Crippen LogP contribution in [0, 0.1) is 17.5 Å². The zero-order valence-electron chi connectivity index (χ0n) is 11.6. The van der Waals surface area contributed by atoms with Gasteiger partial charge in [0.15, 0.2) is 11.6 Å². The minimum Gasteiger partial charge on any atom is -0.494 e. The van der Waals surface area contributed by atoms with E-state index in [1.54, 1.807) is 24.3 Å². The van der Waals surface area contributed by atoms with Crippen molar-refractivity contribution < 1.29 is 17.9 Å². The fourth-order valence-corrected chi connectivity index (χ4v) is 1.82. The zero-order valence-corrected chi connectivity index (χ0v) is 11.6. The van der Waals surface area contributed by atoms with E-state index in [4.69, 9.17) is 4.74 Å². The molecular weight excluding hydrogens is 279 g/mol. The van der Waals surface area contributed by atoms with Crippen molar-refractivity contribution in [3.8, 4) is 5.75 Å². The molecule has 0 saturated carbocycles. The van der Waals surface area contributed by atoms with E-state index < -0.39 is 17.5 Å². The Kier molecular flexibility index (Phi) is 5.09. The topological polar surface area (TPSA) is 21.3 Å². The fourth-order valence-electron chi connectivity index (χ4n) is 1.82. The van der Waals surface area contributed by atoms with Crippen molar-refractivity contribution >= 4 is 5.69 Å². The number of hydrogen-bond donors (Lipinski definition) is 1. The van der Waals surface area contributed by atoms with Crippen LogP contribution in [-0.4, -0.2) is 6.61 Å². The largest absolute Gasteiger partial charge is 0.494 e. The third kappa shape index (κ3) is 4.15. The Morgan fingerprint density at radius 1 is 1.00 bits per heavy atom. The lowest BCUT2D eigenvalue weighted by Crippen LogP contribution is -2.04. The molecule has 0 amide bonds. The Morgan fingerprint density at radius 3 is 2.19 bits per heavy atom. The van der Waals surface area contributed by atoms with E-state index in [-0.39, 0.29) is 12.2 Å². The van der Waals surface area contributed by atoms with E-state index in [9.17, 15) is 13.2 Å². The molecule has 0 spiro atoms. The summed E-state index contributed by atoms with van der Waals surface area (Å²) in [5, 5.41) is 2.63. The van der Waals surface area contributed by atoms with Gasteiger partial charge in [-0.1, -0.05) is 19.1 Å². The van der Waals surface area contributed by atoms with Crippen molar-refractivity contribution in [2.45, 2.75) is 19.9 Å². The van der Waals surface area contributed by atoms with Crippen molar-refractivity contribution in [1.29, 1.82) is 0 Å². The minimum atomic E-state index is -0.949. The summed E-state index contributed by atoms with van der Waals surface area (Å²) < 4.78 is 45.1. The molecule has 0 radical (unpaired) electrons. The molecule has 2 aromatic rings. The Bertz CT molecular complexity index is 576. The molecule has 0 aliphatic heterocycles. The highest BCUT2D eigenvalue weighted by Crippen LogP contribution is 2.21. The molecule has 0 unspecified atom stereocenters. The van der Waals surface area contributed by atoms with Crippen LogP contribution in [0.15, 0.2) is 36.4 Å². The van der Waals surface area contributed by atoms with Gasteiger partial charge in [-0.25, -0.2) is 13.2 Å². The SMILES string of the molecule is CCCOc1ccc(CNc2c(F)cc(F)cc2F)cc1.